The molecule has 64 valence electrons. The predicted molar refractivity (Wildman–Crippen MR) is 47.8 cm³/mol. The van der Waals surface area contributed by atoms with E-state index >= 15 is 0 Å². The van der Waals surface area contributed by atoms with Gasteiger partial charge >= 0.3 is 0 Å². The molecule has 0 bridgehead atoms. The molecule has 2 saturated heterocycles. The van der Waals surface area contributed by atoms with Crippen molar-refractivity contribution in [1.29, 1.82) is 0 Å². The number of hydrogen-bond acceptors (Lipinski definition) is 3. The van der Waals surface area contributed by atoms with E-state index in [9.17, 15) is 0 Å². The second kappa shape index (κ2) is 2.96. The Morgan fingerprint density at radius 1 is 1.55 bits per heavy atom. The first kappa shape index (κ1) is 7.90. The first-order valence-electron chi connectivity index (χ1n) is 4.28. The summed E-state index contributed by atoms with van der Waals surface area (Å²) in [4.78, 5) is 0. The molecule has 0 radical (unpaired) electrons. The van der Waals surface area contributed by atoms with Crippen LogP contribution in [0.15, 0.2) is 0 Å². The lowest BCUT2D eigenvalue weighted by Gasteiger charge is -2.36. The van der Waals surface area contributed by atoms with E-state index in [1.807, 2.05) is 11.8 Å². The van der Waals surface area contributed by atoms with Crippen LogP contribution >= 0.6 is 11.8 Å². The van der Waals surface area contributed by atoms with Crippen LogP contribution in [0.1, 0.15) is 19.3 Å². The van der Waals surface area contributed by atoms with Crippen LogP contribution in [0.4, 0.5) is 0 Å². The van der Waals surface area contributed by atoms with E-state index in [1.165, 1.54) is 17.9 Å². The zero-order valence-corrected chi connectivity index (χ0v) is 7.53. The molecule has 0 saturated carbocycles. The smallest absolute Gasteiger partial charge is 0.0795 e. The van der Waals surface area contributed by atoms with Crippen LogP contribution in [0, 0.1) is 0 Å². The van der Waals surface area contributed by atoms with Crippen molar-refractivity contribution in [2.45, 2.75) is 30.9 Å². The number of rotatable bonds is 0. The van der Waals surface area contributed by atoms with Gasteiger partial charge in [0.2, 0.25) is 0 Å². The monoisotopic (exact) mass is 173 g/mol. The van der Waals surface area contributed by atoms with Crippen molar-refractivity contribution in [3.05, 3.63) is 0 Å². The van der Waals surface area contributed by atoms with Gasteiger partial charge in [-0.3, -0.25) is 0 Å². The molecule has 0 aromatic heterocycles. The van der Waals surface area contributed by atoms with Crippen molar-refractivity contribution in [2.24, 2.45) is 5.73 Å². The van der Waals surface area contributed by atoms with Crippen LogP contribution < -0.4 is 5.73 Å². The van der Waals surface area contributed by atoms with Crippen LogP contribution in [0.2, 0.25) is 0 Å². The molecule has 2 rings (SSSR count). The molecule has 3 heteroatoms. The summed E-state index contributed by atoms with van der Waals surface area (Å²) in [5.74, 6) is 2.42. The molecule has 11 heavy (non-hydrogen) atoms. The first-order valence-corrected chi connectivity index (χ1v) is 5.44. The van der Waals surface area contributed by atoms with Gasteiger partial charge in [0.1, 0.15) is 0 Å². The Labute approximate surface area is 71.9 Å². The van der Waals surface area contributed by atoms with Crippen molar-refractivity contribution in [2.75, 3.05) is 18.1 Å². The molecule has 2 atom stereocenters. The Kier molecular flexibility index (Phi) is 2.12. The van der Waals surface area contributed by atoms with E-state index in [2.05, 4.69) is 0 Å². The highest BCUT2D eigenvalue weighted by Crippen LogP contribution is 2.37. The van der Waals surface area contributed by atoms with Crippen LogP contribution in [0.5, 0.6) is 0 Å². The quantitative estimate of drug-likeness (QED) is 0.593. The Bertz CT molecular complexity index is 145. The molecule has 0 aromatic rings. The van der Waals surface area contributed by atoms with Crippen LogP contribution in [-0.2, 0) is 4.74 Å². The minimum absolute atomic E-state index is 0.183. The fourth-order valence-corrected chi connectivity index (χ4v) is 3.31. The van der Waals surface area contributed by atoms with E-state index in [1.54, 1.807) is 0 Å². The lowest BCUT2D eigenvalue weighted by molar-refractivity contribution is -0.0653. The van der Waals surface area contributed by atoms with Crippen molar-refractivity contribution >= 4 is 11.8 Å². The average molecular weight is 173 g/mol. The van der Waals surface area contributed by atoms with Gasteiger partial charge in [-0.05, 0) is 25.0 Å². The Hall–Kier alpha value is 0.270. The minimum atomic E-state index is 0.183. The van der Waals surface area contributed by atoms with Crippen molar-refractivity contribution in [1.82, 2.24) is 0 Å². The molecular weight excluding hydrogens is 158 g/mol. The van der Waals surface area contributed by atoms with Crippen molar-refractivity contribution < 1.29 is 4.74 Å². The second-order valence-electron chi connectivity index (χ2n) is 3.59. The number of hydrogen-bond donors (Lipinski definition) is 1. The average Bonchev–Trinajstić information content (AvgIpc) is 2.37. The number of nitrogens with two attached hydrogens (primary N) is 1. The molecule has 0 unspecified atom stereocenters. The topological polar surface area (TPSA) is 35.2 Å². The molecule has 2 nitrogen and oxygen atoms in total. The third-order valence-corrected chi connectivity index (χ3v) is 3.82. The summed E-state index contributed by atoms with van der Waals surface area (Å²) in [6.45, 7) is 0.877. The highest BCUT2D eigenvalue weighted by atomic mass is 32.2. The molecule has 0 aromatic carbocycles. The standard InChI is InChI=1S/C8H15NOS/c9-7-1-3-10-8(5-7)2-4-11-6-8/h7H,1-6,9H2/t7-,8-/m0/s1. The summed E-state index contributed by atoms with van der Waals surface area (Å²) in [6.07, 6.45) is 3.35. The van der Waals surface area contributed by atoms with Gasteiger partial charge in [0, 0.05) is 18.4 Å². The van der Waals surface area contributed by atoms with E-state index in [0.717, 1.165) is 19.4 Å². The van der Waals surface area contributed by atoms with E-state index in [-0.39, 0.29) is 5.60 Å². The summed E-state index contributed by atoms with van der Waals surface area (Å²) >= 11 is 2.00. The molecule has 0 amide bonds. The molecule has 2 aliphatic rings. The lowest BCUT2D eigenvalue weighted by atomic mass is 9.90. The molecule has 0 aliphatic carbocycles. The van der Waals surface area contributed by atoms with E-state index < -0.39 is 0 Å². The molecule has 2 aliphatic heterocycles. The van der Waals surface area contributed by atoms with Gasteiger partial charge in [-0.2, -0.15) is 11.8 Å². The molecule has 2 N–H and O–H groups in total. The van der Waals surface area contributed by atoms with Crippen molar-refractivity contribution in [3.8, 4) is 0 Å². The van der Waals surface area contributed by atoms with Gasteiger partial charge in [0.05, 0.1) is 5.60 Å². The Morgan fingerprint density at radius 3 is 3.09 bits per heavy atom. The van der Waals surface area contributed by atoms with Gasteiger partial charge in [-0.15, -0.1) is 0 Å². The van der Waals surface area contributed by atoms with Gasteiger partial charge in [0.25, 0.3) is 0 Å². The fourth-order valence-electron chi connectivity index (χ4n) is 1.93. The fraction of sp³-hybridized carbons (Fsp3) is 1.00. The SMILES string of the molecule is N[C@H]1CCO[C@@]2(CCSC2)C1. The highest BCUT2D eigenvalue weighted by Gasteiger charge is 2.39. The van der Waals surface area contributed by atoms with E-state index in [4.69, 9.17) is 10.5 Å². The largest absolute Gasteiger partial charge is 0.374 e. The van der Waals surface area contributed by atoms with E-state index in [0.29, 0.717) is 6.04 Å². The minimum Gasteiger partial charge on any atom is -0.374 e. The molecule has 1 spiro atoms. The summed E-state index contributed by atoms with van der Waals surface area (Å²) in [5, 5.41) is 0. The third kappa shape index (κ3) is 1.55. The maximum Gasteiger partial charge on any atom is 0.0795 e. The van der Waals surface area contributed by atoms with Gasteiger partial charge in [-0.25, -0.2) is 0 Å². The third-order valence-electron chi connectivity index (χ3n) is 2.60. The van der Waals surface area contributed by atoms with Crippen LogP contribution in [-0.4, -0.2) is 29.8 Å². The zero-order valence-electron chi connectivity index (χ0n) is 6.71. The molecule has 2 heterocycles. The lowest BCUT2D eigenvalue weighted by Crippen LogP contribution is -2.45. The van der Waals surface area contributed by atoms with Crippen LogP contribution in [0.3, 0.4) is 0 Å². The number of ether oxygens (including phenoxy) is 1. The summed E-state index contributed by atoms with van der Waals surface area (Å²) in [6, 6.07) is 0.391. The van der Waals surface area contributed by atoms with Gasteiger partial charge < -0.3 is 10.5 Å². The zero-order chi connectivity index (χ0) is 7.73. The van der Waals surface area contributed by atoms with Gasteiger partial charge in [0.15, 0.2) is 0 Å². The van der Waals surface area contributed by atoms with Gasteiger partial charge in [-0.1, -0.05) is 0 Å². The second-order valence-corrected chi connectivity index (χ2v) is 4.69. The Balaban J connectivity index is 2.00. The number of thioether (sulfide) groups is 1. The first-order chi connectivity index (χ1) is 5.31. The predicted octanol–water partition coefficient (Wildman–Crippen LogP) is 1.000. The van der Waals surface area contributed by atoms with Crippen molar-refractivity contribution in [3.63, 3.8) is 0 Å². The Morgan fingerprint density at radius 2 is 2.45 bits per heavy atom. The summed E-state index contributed by atoms with van der Waals surface area (Å²) in [7, 11) is 0. The maximum atomic E-state index is 5.90. The maximum absolute atomic E-state index is 5.90. The summed E-state index contributed by atoms with van der Waals surface area (Å²) < 4.78 is 5.80. The van der Waals surface area contributed by atoms with Crippen LogP contribution in [0.25, 0.3) is 0 Å². The normalized spacial score (nSPS) is 45.0. The highest BCUT2D eigenvalue weighted by molar-refractivity contribution is 7.99. The summed E-state index contributed by atoms with van der Waals surface area (Å²) in [5.41, 5.74) is 6.08. The molecule has 2 fully saturated rings. The molecular formula is C8H15NOS.